The van der Waals surface area contributed by atoms with E-state index in [0.717, 1.165) is 31.5 Å². The molecule has 2 aromatic carbocycles. The van der Waals surface area contributed by atoms with Crippen LogP contribution in [0.15, 0.2) is 53.4 Å². The Bertz CT molecular complexity index is 979. The van der Waals surface area contributed by atoms with E-state index in [4.69, 9.17) is 0 Å². The van der Waals surface area contributed by atoms with Gasteiger partial charge in [-0.05, 0) is 42.7 Å². The fourth-order valence-corrected chi connectivity index (χ4v) is 4.37. The van der Waals surface area contributed by atoms with Crippen LogP contribution >= 0.6 is 0 Å². The Morgan fingerprint density at radius 1 is 1.04 bits per heavy atom. The van der Waals surface area contributed by atoms with Gasteiger partial charge in [-0.25, -0.2) is 8.42 Å². The number of nitrogens with one attached hydrogen (secondary N) is 1. The fraction of sp³-hybridized carbons (Fsp3) is 0.333. The van der Waals surface area contributed by atoms with Gasteiger partial charge < -0.3 is 10.2 Å². The molecule has 0 unspecified atom stereocenters. The molecule has 2 aromatic rings. The molecule has 0 radical (unpaired) electrons. The molecule has 1 saturated heterocycles. The molecule has 1 aliphatic heterocycles. The number of benzene rings is 2. The second kappa shape index (κ2) is 8.56. The van der Waals surface area contributed by atoms with Crippen molar-refractivity contribution in [3.8, 4) is 0 Å². The van der Waals surface area contributed by atoms with Gasteiger partial charge in [0.15, 0.2) is 9.84 Å². The average molecular weight is 401 g/mol. The van der Waals surface area contributed by atoms with Crippen LogP contribution in [-0.4, -0.2) is 44.0 Å². The van der Waals surface area contributed by atoms with Crippen molar-refractivity contribution in [3.05, 3.63) is 65.2 Å². The summed E-state index contributed by atoms with van der Waals surface area (Å²) in [5.41, 5.74) is 1.52. The SMILES string of the molecule is CCS(=O)(=O)c1ccccc1C(=O)NCc1cccc(C(=O)N2CCCC2)c1. The molecule has 1 N–H and O–H groups in total. The predicted octanol–water partition coefficient (Wildman–Crippen LogP) is 2.65. The van der Waals surface area contributed by atoms with E-state index in [9.17, 15) is 18.0 Å². The minimum absolute atomic E-state index is 0.00469. The smallest absolute Gasteiger partial charge is 0.253 e. The maximum absolute atomic E-state index is 12.6. The highest BCUT2D eigenvalue weighted by molar-refractivity contribution is 7.91. The lowest BCUT2D eigenvalue weighted by molar-refractivity contribution is 0.0792. The van der Waals surface area contributed by atoms with Crippen LogP contribution in [0.1, 0.15) is 46.0 Å². The first-order valence-electron chi connectivity index (χ1n) is 9.40. The minimum Gasteiger partial charge on any atom is -0.348 e. The Morgan fingerprint density at radius 3 is 2.46 bits per heavy atom. The van der Waals surface area contributed by atoms with Crippen molar-refractivity contribution in [1.82, 2.24) is 10.2 Å². The number of carbonyl (C=O) groups excluding carboxylic acids is 2. The number of hydrogen-bond donors (Lipinski definition) is 1. The quantitative estimate of drug-likeness (QED) is 0.808. The van der Waals surface area contributed by atoms with Crippen molar-refractivity contribution >= 4 is 21.7 Å². The standard InChI is InChI=1S/C21H24N2O4S/c1-2-28(26,27)19-11-4-3-10-18(19)20(24)22-15-16-8-7-9-17(14-16)21(25)23-12-5-6-13-23/h3-4,7-11,14H,2,5-6,12-13,15H2,1H3,(H,22,24). The van der Waals surface area contributed by atoms with E-state index >= 15 is 0 Å². The Hall–Kier alpha value is -2.67. The lowest BCUT2D eigenvalue weighted by atomic mass is 10.1. The van der Waals surface area contributed by atoms with E-state index in [1.807, 2.05) is 11.0 Å². The van der Waals surface area contributed by atoms with Gasteiger partial charge in [0.1, 0.15) is 0 Å². The molecule has 1 fully saturated rings. The van der Waals surface area contributed by atoms with Crippen molar-refractivity contribution in [2.45, 2.75) is 31.2 Å². The molecular formula is C21H24N2O4S. The van der Waals surface area contributed by atoms with Crippen LogP contribution in [0.2, 0.25) is 0 Å². The van der Waals surface area contributed by atoms with Gasteiger partial charge in [0.05, 0.1) is 16.2 Å². The number of amides is 2. The van der Waals surface area contributed by atoms with Crippen molar-refractivity contribution in [2.75, 3.05) is 18.8 Å². The first-order chi connectivity index (χ1) is 13.4. The van der Waals surface area contributed by atoms with Crippen LogP contribution in [0.4, 0.5) is 0 Å². The summed E-state index contributed by atoms with van der Waals surface area (Å²) in [4.78, 5) is 27.0. The molecular weight excluding hydrogens is 376 g/mol. The second-order valence-electron chi connectivity index (χ2n) is 6.78. The number of hydrogen-bond acceptors (Lipinski definition) is 4. The first kappa shape index (κ1) is 20.1. The van der Waals surface area contributed by atoms with Crippen LogP contribution in [0.5, 0.6) is 0 Å². The van der Waals surface area contributed by atoms with Crippen LogP contribution in [0.25, 0.3) is 0 Å². The monoisotopic (exact) mass is 400 g/mol. The number of carbonyl (C=O) groups is 2. The third kappa shape index (κ3) is 4.42. The molecule has 148 valence electrons. The zero-order valence-electron chi connectivity index (χ0n) is 15.8. The van der Waals surface area contributed by atoms with Crippen LogP contribution in [0.3, 0.4) is 0 Å². The summed E-state index contributed by atoms with van der Waals surface area (Å²) in [6.07, 6.45) is 2.06. The molecule has 6 nitrogen and oxygen atoms in total. The average Bonchev–Trinajstić information content (AvgIpc) is 3.26. The Kier molecular flexibility index (Phi) is 6.14. The van der Waals surface area contributed by atoms with Gasteiger partial charge in [-0.3, -0.25) is 9.59 Å². The molecule has 0 bridgehead atoms. The van der Waals surface area contributed by atoms with E-state index in [-0.39, 0.29) is 28.7 Å². The lowest BCUT2D eigenvalue weighted by Crippen LogP contribution is -2.28. The summed E-state index contributed by atoms with van der Waals surface area (Å²) in [6.45, 7) is 3.32. The van der Waals surface area contributed by atoms with Crippen molar-refractivity contribution in [2.24, 2.45) is 0 Å². The lowest BCUT2D eigenvalue weighted by Gasteiger charge is -2.16. The van der Waals surface area contributed by atoms with E-state index in [0.29, 0.717) is 5.56 Å². The molecule has 3 rings (SSSR count). The molecule has 28 heavy (non-hydrogen) atoms. The third-order valence-corrected chi connectivity index (χ3v) is 6.65. The largest absolute Gasteiger partial charge is 0.348 e. The first-order valence-corrected chi connectivity index (χ1v) is 11.1. The zero-order chi connectivity index (χ0) is 20.1. The molecule has 0 aromatic heterocycles. The van der Waals surface area contributed by atoms with Crippen LogP contribution < -0.4 is 5.32 Å². The van der Waals surface area contributed by atoms with E-state index in [1.165, 1.54) is 12.1 Å². The zero-order valence-corrected chi connectivity index (χ0v) is 16.7. The number of likely N-dealkylation sites (tertiary alicyclic amines) is 1. The number of nitrogens with zero attached hydrogens (tertiary/aromatic N) is 1. The maximum atomic E-state index is 12.6. The van der Waals surface area contributed by atoms with Gasteiger partial charge >= 0.3 is 0 Å². The highest BCUT2D eigenvalue weighted by Crippen LogP contribution is 2.18. The molecule has 0 spiro atoms. The van der Waals surface area contributed by atoms with E-state index in [2.05, 4.69) is 5.32 Å². The Morgan fingerprint density at radius 2 is 1.75 bits per heavy atom. The van der Waals surface area contributed by atoms with Crippen LogP contribution in [-0.2, 0) is 16.4 Å². The Labute approximate surface area is 165 Å². The van der Waals surface area contributed by atoms with Crippen molar-refractivity contribution in [3.63, 3.8) is 0 Å². The second-order valence-corrected chi connectivity index (χ2v) is 9.03. The van der Waals surface area contributed by atoms with E-state index < -0.39 is 15.7 Å². The maximum Gasteiger partial charge on any atom is 0.253 e. The molecule has 0 aliphatic carbocycles. The van der Waals surface area contributed by atoms with Gasteiger partial charge in [-0.2, -0.15) is 0 Å². The van der Waals surface area contributed by atoms with Gasteiger partial charge in [-0.1, -0.05) is 31.2 Å². The fourth-order valence-electron chi connectivity index (χ4n) is 3.28. The predicted molar refractivity (Wildman–Crippen MR) is 107 cm³/mol. The minimum atomic E-state index is -3.50. The highest BCUT2D eigenvalue weighted by atomic mass is 32.2. The highest BCUT2D eigenvalue weighted by Gasteiger charge is 2.21. The Balaban J connectivity index is 1.72. The molecule has 0 saturated carbocycles. The summed E-state index contributed by atoms with van der Waals surface area (Å²) in [6, 6.07) is 13.4. The van der Waals surface area contributed by atoms with Gasteiger partial charge in [0.2, 0.25) is 0 Å². The molecule has 2 amide bonds. The number of sulfone groups is 1. The van der Waals surface area contributed by atoms with E-state index in [1.54, 1.807) is 37.3 Å². The van der Waals surface area contributed by atoms with Gasteiger partial charge in [0, 0.05) is 25.2 Å². The van der Waals surface area contributed by atoms with Crippen molar-refractivity contribution in [1.29, 1.82) is 0 Å². The summed E-state index contributed by atoms with van der Waals surface area (Å²) < 4.78 is 24.4. The summed E-state index contributed by atoms with van der Waals surface area (Å²) in [5, 5.41) is 2.76. The number of rotatable bonds is 6. The normalized spacial score (nSPS) is 14.1. The molecule has 7 heteroatoms. The molecule has 1 heterocycles. The molecule has 1 aliphatic rings. The van der Waals surface area contributed by atoms with Crippen LogP contribution in [0, 0.1) is 0 Å². The topological polar surface area (TPSA) is 83.5 Å². The third-order valence-electron chi connectivity index (χ3n) is 4.87. The summed E-state index contributed by atoms with van der Waals surface area (Å²) in [7, 11) is -3.50. The van der Waals surface area contributed by atoms with Gasteiger partial charge in [-0.15, -0.1) is 0 Å². The van der Waals surface area contributed by atoms with Crippen molar-refractivity contribution < 1.29 is 18.0 Å². The molecule has 0 atom stereocenters. The summed E-state index contributed by atoms with van der Waals surface area (Å²) in [5.74, 6) is -0.522. The van der Waals surface area contributed by atoms with Gasteiger partial charge in [0.25, 0.3) is 11.8 Å². The summed E-state index contributed by atoms with van der Waals surface area (Å²) >= 11 is 0.